The van der Waals surface area contributed by atoms with Crippen LogP contribution in [-0.4, -0.2) is 24.4 Å². The highest BCUT2D eigenvalue weighted by molar-refractivity contribution is 5.67. The van der Waals surface area contributed by atoms with Crippen molar-refractivity contribution in [3.05, 3.63) is 69.9 Å². The summed E-state index contributed by atoms with van der Waals surface area (Å²) in [7, 11) is 0. The lowest BCUT2D eigenvalue weighted by Gasteiger charge is -2.10. The molecule has 1 aromatic carbocycles. The van der Waals surface area contributed by atoms with Crippen molar-refractivity contribution in [1.82, 2.24) is 24.4 Å². The molecule has 4 rings (SSSR count). The van der Waals surface area contributed by atoms with Crippen molar-refractivity contribution in [2.45, 2.75) is 26.7 Å². The lowest BCUT2D eigenvalue weighted by atomic mass is 10.00. The number of fused-ring (bicyclic) bond motifs is 1. The average Bonchev–Trinajstić information content (AvgIpc) is 3.28. The van der Waals surface area contributed by atoms with E-state index < -0.39 is 0 Å². The van der Waals surface area contributed by atoms with E-state index >= 15 is 0 Å². The maximum absolute atomic E-state index is 13.0. The third-order valence-electron chi connectivity index (χ3n) is 4.55. The zero-order valence-corrected chi connectivity index (χ0v) is 15.3. The lowest BCUT2D eigenvalue weighted by Crippen LogP contribution is -2.22. The summed E-state index contributed by atoms with van der Waals surface area (Å²) in [5.74, 6) is -0.0338. The Bertz CT molecular complexity index is 1230. The molecule has 7 nitrogen and oxygen atoms in total. The second-order valence-corrected chi connectivity index (χ2v) is 6.80. The molecule has 0 spiro atoms. The Morgan fingerprint density at radius 2 is 1.96 bits per heavy atom. The summed E-state index contributed by atoms with van der Waals surface area (Å²) in [5.41, 5.74) is 4.44. The second-order valence-electron chi connectivity index (χ2n) is 6.80. The molecule has 0 bridgehead atoms. The molecule has 0 amide bonds. The number of aromatic amines is 1. The summed E-state index contributed by atoms with van der Waals surface area (Å²) < 4.78 is 3.08. The topological polar surface area (TPSA) is 91.8 Å². The maximum atomic E-state index is 13.0. The highest BCUT2D eigenvalue weighted by Gasteiger charge is 2.20. The van der Waals surface area contributed by atoms with E-state index in [1.165, 1.54) is 16.3 Å². The van der Waals surface area contributed by atoms with Crippen LogP contribution in [0.3, 0.4) is 0 Å². The summed E-state index contributed by atoms with van der Waals surface area (Å²) in [6.07, 6.45) is 5.05. The molecular formula is C20H18N6O. The Kier molecular flexibility index (Phi) is 3.89. The molecule has 3 aromatic heterocycles. The van der Waals surface area contributed by atoms with Gasteiger partial charge in [-0.3, -0.25) is 9.89 Å². The first kappa shape index (κ1) is 16.8. The fraction of sp³-hybridized carbons (Fsp3) is 0.200. The van der Waals surface area contributed by atoms with Crippen LogP contribution >= 0.6 is 0 Å². The van der Waals surface area contributed by atoms with E-state index in [1.807, 2.05) is 51.2 Å². The molecule has 0 atom stereocenters. The minimum atomic E-state index is -0.199. The van der Waals surface area contributed by atoms with Crippen LogP contribution in [0.1, 0.15) is 36.5 Å². The lowest BCUT2D eigenvalue weighted by molar-refractivity contribution is 0.797. The van der Waals surface area contributed by atoms with Crippen LogP contribution in [-0.2, 0) is 0 Å². The van der Waals surface area contributed by atoms with Crippen molar-refractivity contribution < 1.29 is 0 Å². The smallest absolute Gasteiger partial charge is 0.276 e. The average molecular weight is 358 g/mol. The van der Waals surface area contributed by atoms with Crippen molar-refractivity contribution in [2.24, 2.45) is 0 Å². The van der Waals surface area contributed by atoms with Gasteiger partial charge in [0, 0.05) is 23.5 Å². The number of hydrogen-bond acceptors (Lipinski definition) is 4. The monoisotopic (exact) mass is 358 g/mol. The number of nitrogens with one attached hydrogen (secondary N) is 1. The molecule has 0 aliphatic carbocycles. The van der Waals surface area contributed by atoms with Crippen LogP contribution in [0.5, 0.6) is 0 Å². The van der Waals surface area contributed by atoms with Crippen LogP contribution < -0.4 is 5.56 Å². The fourth-order valence-electron chi connectivity index (χ4n) is 3.13. The number of aryl methyl sites for hydroxylation is 1. The molecule has 0 aliphatic heterocycles. The maximum Gasteiger partial charge on any atom is 0.276 e. The molecule has 0 saturated heterocycles. The van der Waals surface area contributed by atoms with Gasteiger partial charge in [0.2, 0.25) is 0 Å². The van der Waals surface area contributed by atoms with Gasteiger partial charge in [-0.25, -0.2) is 14.2 Å². The third-order valence-corrected chi connectivity index (χ3v) is 4.55. The number of benzene rings is 1. The molecular weight excluding hydrogens is 340 g/mol. The van der Waals surface area contributed by atoms with Crippen LogP contribution in [0.15, 0.2) is 47.7 Å². The molecule has 0 unspecified atom stereocenters. The zero-order chi connectivity index (χ0) is 19.1. The van der Waals surface area contributed by atoms with E-state index in [0.717, 1.165) is 11.3 Å². The predicted molar refractivity (Wildman–Crippen MR) is 102 cm³/mol. The van der Waals surface area contributed by atoms with E-state index in [9.17, 15) is 10.1 Å². The van der Waals surface area contributed by atoms with Gasteiger partial charge in [-0.1, -0.05) is 31.5 Å². The van der Waals surface area contributed by atoms with E-state index in [4.69, 9.17) is 0 Å². The van der Waals surface area contributed by atoms with Gasteiger partial charge in [0.1, 0.15) is 11.6 Å². The molecule has 0 saturated carbocycles. The second kappa shape index (κ2) is 6.25. The molecule has 7 heteroatoms. The number of hydrogen-bond donors (Lipinski definition) is 1. The summed E-state index contributed by atoms with van der Waals surface area (Å²) in [6, 6.07) is 10.1. The van der Waals surface area contributed by atoms with Gasteiger partial charge >= 0.3 is 0 Å². The summed E-state index contributed by atoms with van der Waals surface area (Å²) >= 11 is 0. The van der Waals surface area contributed by atoms with Gasteiger partial charge in [0.25, 0.3) is 5.56 Å². The van der Waals surface area contributed by atoms with Crippen molar-refractivity contribution in [3.8, 4) is 23.0 Å². The van der Waals surface area contributed by atoms with Gasteiger partial charge in [-0.15, -0.1) is 0 Å². The summed E-state index contributed by atoms with van der Waals surface area (Å²) in [6.45, 7) is 5.93. The number of aromatic nitrogens is 5. The van der Waals surface area contributed by atoms with Crippen LogP contribution in [0.2, 0.25) is 0 Å². The van der Waals surface area contributed by atoms with Gasteiger partial charge in [-0.05, 0) is 25.0 Å². The van der Waals surface area contributed by atoms with Crippen LogP contribution in [0, 0.1) is 18.3 Å². The SMILES string of the molecule is Cc1ccc(-n2cc(-c3nc4c(C#N)c[nH]n4c(=O)c3C(C)C)cn2)cc1. The van der Waals surface area contributed by atoms with E-state index in [2.05, 4.69) is 21.3 Å². The summed E-state index contributed by atoms with van der Waals surface area (Å²) in [5, 5.41) is 16.5. The van der Waals surface area contributed by atoms with Gasteiger partial charge in [-0.2, -0.15) is 10.4 Å². The van der Waals surface area contributed by atoms with E-state index in [0.29, 0.717) is 22.5 Å². The Morgan fingerprint density at radius 1 is 1.22 bits per heavy atom. The van der Waals surface area contributed by atoms with Crippen LogP contribution in [0.25, 0.3) is 22.6 Å². The third kappa shape index (κ3) is 2.72. The number of H-pyrrole nitrogens is 1. The van der Waals surface area contributed by atoms with E-state index in [-0.39, 0.29) is 11.5 Å². The quantitative estimate of drug-likeness (QED) is 0.609. The molecule has 1 N–H and O–H groups in total. The van der Waals surface area contributed by atoms with Crippen molar-refractivity contribution in [2.75, 3.05) is 0 Å². The highest BCUT2D eigenvalue weighted by Crippen LogP contribution is 2.26. The molecule has 0 radical (unpaired) electrons. The van der Waals surface area contributed by atoms with Crippen molar-refractivity contribution in [1.29, 1.82) is 5.26 Å². The minimum absolute atomic E-state index is 0.0338. The van der Waals surface area contributed by atoms with Gasteiger partial charge in [0.05, 0.1) is 17.6 Å². The fourth-order valence-corrected chi connectivity index (χ4v) is 3.13. The number of nitrogens with zero attached hydrogens (tertiary/aromatic N) is 5. The molecule has 27 heavy (non-hydrogen) atoms. The Hall–Kier alpha value is -3.66. The molecule has 3 heterocycles. The largest absolute Gasteiger partial charge is 0.295 e. The molecule has 134 valence electrons. The molecule has 4 aromatic rings. The Labute approximate surface area is 155 Å². The first-order valence-corrected chi connectivity index (χ1v) is 8.66. The molecule has 0 fully saturated rings. The predicted octanol–water partition coefficient (Wildman–Crippen LogP) is 3.18. The van der Waals surface area contributed by atoms with Crippen molar-refractivity contribution in [3.63, 3.8) is 0 Å². The van der Waals surface area contributed by atoms with Gasteiger partial charge in [0.15, 0.2) is 5.65 Å². The van der Waals surface area contributed by atoms with E-state index in [1.54, 1.807) is 10.9 Å². The first-order chi connectivity index (χ1) is 13.0. The highest BCUT2D eigenvalue weighted by atomic mass is 16.1. The first-order valence-electron chi connectivity index (χ1n) is 8.66. The number of nitriles is 1. The Balaban J connectivity index is 1.93. The normalized spacial score (nSPS) is 11.2. The molecule has 0 aliphatic rings. The minimum Gasteiger partial charge on any atom is -0.295 e. The van der Waals surface area contributed by atoms with Crippen molar-refractivity contribution >= 4 is 5.65 Å². The summed E-state index contributed by atoms with van der Waals surface area (Å²) in [4.78, 5) is 17.6. The van der Waals surface area contributed by atoms with Gasteiger partial charge < -0.3 is 0 Å². The Morgan fingerprint density at radius 3 is 2.63 bits per heavy atom. The standard InChI is InChI=1S/C20H18N6O/c1-12(2)17-18(24-19-14(8-21)9-23-26(19)20(17)27)15-10-22-25(11-15)16-6-4-13(3)5-7-16/h4-7,9-12,23H,1-3H3. The zero-order valence-electron chi connectivity index (χ0n) is 15.3. The van der Waals surface area contributed by atoms with Crippen LogP contribution in [0.4, 0.5) is 0 Å². The number of rotatable bonds is 3.